The van der Waals surface area contributed by atoms with Crippen LogP contribution in [0.15, 0.2) is 170 Å². The first kappa shape index (κ1) is 30.3. The number of allylic oxidation sites excluding steroid dienone is 5. The van der Waals surface area contributed by atoms with Crippen molar-refractivity contribution in [2.75, 3.05) is 4.90 Å². The second-order valence-electron chi connectivity index (χ2n) is 14.0. The van der Waals surface area contributed by atoms with E-state index in [-0.39, 0.29) is 6.04 Å². The fourth-order valence-corrected chi connectivity index (χ4v) is 9.73. The average molecular weight is 699 g/mol. The van der Waals surface area contributed by atoms with E-state index in [0.29, 0.717) is 5.95 Å². The highest BCUT2D eigenvalue weighted by molar-refractivity contribution is 7.26. The van der Waals surface area contributed by atoms with Gasteiger partial charge in [0.15, 0.2) is 0 Å². The molecule has 0 saturated heterocycles. The van der Waals surface area contributed by atoms with Crippen molar-refractivity contribution in [2.45, 2.75) is 25.3 Å². The van der Waals surface area contributed by atoms with E-state index in [1.54, 1.807) is 0 Å². The van der Waals surface area contributed by atoms with Crippen molar-refractivity contribution in [3.63, 3.8) is 0 Å². The molecule has 1 atom stereocenters. The number of hydrogen-bond acceptors (Lipinski definition) is 4. The van der Waals surface area contributed by atoms with Crippen LogP contribution in [0, 0.1) is 0 Å². The number of rotatable bonds is 5. The van der Waals surface area contributed by atoms with Gasteiger partial charge in [-0.05, 0) is 72.5 Å². The summed E-state index contributed by atoms with van der Waals surface area (Å²) in [5, 5.41) is 8.46. The predicted molar refractivity (Wildman–Crippen MR) is 225 cm³/mol. The van der Waals surface area contributed by atoms with Crippen LogP contribution in [0.5, 0.6) is 0 Å². The van der Waals surface area contributed by atoms with Crippen LogP contribution < -0.4 is 4.90 Å². The molecule has 11 rings (SSSR count). The third kappa shape index (κ3) is 4.81. The number of nitrogens with zero attached hydrogens (tertiary/aromatic N) is 4. The summed E-state index contributed by atoms with van der Waals surface area (Å²) >= 11 is 1.84. The lowest BCUT2D eigenvalue weighted by molar-refractivity contribution is 0.755. The quantitative estimate of drug-likeness (QED) is 0.179. The normalized spacial score (nSPS) is 15.8. The molecule has 0 N–H and O–H groups in total. The smallest absolute Gasteiger partial charge is 0.235 e. The van der Waals surface area contributed by atoms with Gasteiger partial charge in [-0.1, -0.05) is 121 Å². The molecule has 53 heavy (non-hydrogen) atoms. The summed E-state index contributed by atoms with van der Waals surface area (Å²) in [6.07, 6.45) is 19.0. The molecule has 3 heterocycles. The summed E-state index contributed by atoms with van der Waals surface area (Å²) in [7, 11) is 0. The van der Waals surface area contributed by atoms with Gasteiger partial charge >= 0.3 is 0 Å². The molecule has 0 fully saturated rings. The second-order valence-corrected chi connectivity index (χ2v) is 15.0. The molecule has 0 bridgehead atoms. The summed E-state index contributed by atoms with van der Waals surface area (Å²) in [4.78, 5) is 13.4. The van der Waals surface area contributed by atoms with Crippen LogP contribution in [-0.2, 0) is 0 Å². The molecule has 0 saturated carbocycles. The zero-order valence-electron chi connectivity index (χ0n) is 29.0. The maximum absolute atomic E-state index is 5.53. The minimum atomic E-state index is 0.236. The van der Waals surface area contributed by atoms with Crippen LogP contribution in [-0.4, -0.2) is 20.6 Å². The Morgan fingerprint density at radius 3 is 2.38 bits per heavy atom. The molecule has 0 amide bonds. The number of benzene rings is 6. The Balaban J connectivity index is 1.20. The molecule has 5 heteroatoms. The van der Waals surface area contributed by atoms with Gasteiger partial charge < -0.3 is 4.90 Å². The maximum atomic E-state index is 5.53. The van der Waals surface area contributed by atoms with Crippen molar-refractivity contribution in [3.8, 4) is 17.2 Å². The van der Waals surface area contributed by atoms with Crippen LogP contribution >= 0.6 is 11.3 Å². The topological polar surface area (TPSA) is 34.0 Å². The SMILES string of the molecule is C1=CCC(N(C2=CCCC=C2)c2ccc3c(c2)c2c4ccccc4ccc2n3-c2nc(-c3cccc4c3sc3ccccc34)c3ccccc3n2)C=C1. The fourth-order valence-electron chi connectivity index (χ4n) is 8.52. The molecule has 0 spiro atoms. The zero-order valence-corrected chi connectivity index (χ0v) is 29.8. The monoisotopic (exact) mass is 698 g/mol. The fraction of sp³-hybridized carbons (Fsp3) is 0.0833. The zero-order chi connectivity index (χ0) is 34.9. The molecule has 4 nitrogen and oxygen atoms in total. The summed E-state index contributed by atoms with van der Waals surface area (Å²) in [6, 6.07) is 44.2. The average Bonchev–Trinajstić information content (AvgIpc) is 3.77. The Bertz CT molecular complexity index is 3060. The van der Waals surface area contributed by atoms with Gasteiger partial charge in [-0.25, -0.2) is 9.97 Å². The number of anilines is 1. The maximum Gasteiger partial charge on any atom is 0.235 e. The van der Waals surface area contributed by atoms with Crippen molar-refractivity contribution in [3.05, 3.63) is 170 Å². The van der Waals surface area contributed by atoms with Gasteiger partial charge in [0, 0.05) is 53.3 Å². The summed E-state index contributed by atoms with van der Waals surface area (Å²) in [5.41, 5.74) is 7.65. The Morgan fingerprint density at radius 2 is 1.49 bits per heavy atom. The highest BCUT2D eigenvalue weighted by atomic mass is 32.1. The van der Waals surface area contributed by atoms with E-state index in [2.05, 4.69) is 173 Å². The largest absolute Gasteiger partial charge is 0.334 e. The number of para-hydroxylation sites is 1. The van der Waals surface area contributed by atoms with Gasteiger partial charge in [0.1, 0.15) is 0 Å². The van der Waals surface area contributed by atoms with Crippen LogP contribution in [0.3, 0.4) is 0 Å². The van der Waals surface area contributed by atoms with E-state index < -0.39 is 0 Å². The standard InChI is InChI=1S/C48H34N4S/c1-3-15-32(16-4-1)51(33-17-5-2-6-18-33)34-27-29-42-40(30-34)45-35-19-8-7-14-31(35)26-28-43(45)52(42)48-49-41-24-11-9-21-38(41)46(50-48)39-23-13-22-37-36-20-10-12-25-44(36)53-47(37)39/h1,3-5,7-15,17-30,32H,2,6,16H2. The van der Waals surface area contributed by atoms with Gasteiger partial charge in [-0.15, -0.1) is 11.3 Å². The molecule has 3 aromatic heterocycles. The summed E-state index contributed by atoms with van der Waals surface area (Å²) in [6.45, 7) is 0. The van der Waals surface area contributed by atoms with Gasteiger partial charge in [-0.2, -0.15) is 0 Å². The molecular weight excluding hydrogens is 665 g/mol. The molecule has 9 aromatic rings. The van der Waals surface area contributed by atoms with E-state index in [1.165, 1.54) is 53.1 Å². The number of fused-ring (bicyclic) bond motifs is 9. The van der Waals surface area contributed by atoms with E-state index in [4.69, 9.17) is 9.97 Å². The highest BCUT2D eigenvalue weighted by Crippen LogP contribution is 2.43. The lowest BCUT2D eigenvalue weighted by atomic mass is 10.0. The minimum Gasteiger partial charge on any atom is -0.334 e. The highest BCUT2D eigenvalue weighted by Gasteiger charge is 2.24. The third-order valence-corrected chi connectivity index (χ3v) is 12.1. The van der Waals surface area contributed by atoms with E-state index in [9.17, 15) is 0 Å². The van der Waals surface area contributed by atoms with E-state index in [0.717, 1.165) is 52.5 Å². The van der Waals surface area contributed by atoms with Crippen LogP contribution in [0.4, 0.5) is 5.69 Å². The Hall–Kier alpha value is -6.30. The van der Waals surface area contributed by atoms with Crippen molar-refractivity contribution < 1.29 is 0 Å². The Labute approximate surface area is 311 Å². The lowest BCUT2D eigenvalue weighted by Crippen LogP contribution is -2.33. The minimum absolute atomic E-state index is 0.236. The third-order valence-electron chi connectivity index (χ3n) is 10.9. The Kier molecular flexibility index (Phi) is 6.95. The van der Waals surface area contributed by atoms with Crippen molar-refractivity contribution >= 4 is 80.7 Å². The molecule has 2 aliphatic carbocycles. The van der Waals surface area contributed by atoms with Gasteiger partial charge in [0.25, 0.3) is 0 Å². The van der Waals surface area contributed by atoms with E-state index in [1.807, 2.05) is 11.3 Å². The molecule has 2 aliphatic rings. The van der Waals surface area contributed by atoms with Crippen molar-refractivity contribution in [1.29, 1.82) is 0 Å². The first-order valence-electron chi connectivity index (χ1n) is 18.4. The van der Waals surface area contributed by atoms with Gasteiger partial charge in [0.05, 0.1) is 28.3 Å². The lowest BCUT2D eigenvalue weighted by Gasteiger charge is -2.34. The molecule has 252 valence electrons. The first-order chi connectivity index (χ1) is 26.3. The first-order valence-corrected chi connectivity index (χ1v) is 19.2. The second kappa shape index (κ2) is 12.1. The molecule has 0 radical (unpaired) electrons. The van der Waals surface area contributed by atoms with E-state index >= 15 is 0 Å². The molecule has 0 aliphatic heterocycles. The predicted octanol–water partition coefficient (Wildman–Crippen LogP) is 12.8. The number of thiophene rings is 1. The summed E-state index contributed by atoms with van der Waals surface area (Å²) in [5.74, 6) is 0.676. The van der Waals surface area contributed by atoms with Gasteiger partial charge in [0.2, 0.25) is 5.95 Å². The van der Waals surface area contributed by atoms with Gasteiger partial charge in [-0.3, -0.25) is 4.57 Å². The van der Waals surface area contributed by atoms with Crippen molar-refractivity contribution in [2.24, 2.45) is 0 Å². The van der Waals surface area contributed by atoms with Crippen LogP contribution in [0.2, 0.25) is 0 Å². The van der Waals surface area contributed by atoms with Crippen LogP contribution in [0.25, 0.3) is 80.9 Å². The number of hydrogen-bond donors (Lipinski definition) is 0. The molecule has 6 aromatic carbocycles. The number of aromatic nitrogens is 3. The summed E-state index contributed by atoms with van der Waals surface area (Å²) < 4.78 is 4.82. The van der Waals surface area contributed by atoms with Crippen LogP contribution in [0.1, 0.15) is 19.3 Å². The molecular formula is C48H34N4S. The van der Waals surface area contributed by atoms with Crippen molar-refractivity contribution in [1.82, 2.24) is 14.5 Å². The molecule has 1 unspecified atom stereocenters. The Morgan fingerprint density at radius 1 is 0.660 bits per heavy atom.